The second kappa shape index (κ2) is 9.65. The van der Waals surface area contributed by atoms with Crippen LogP contribution in [-0.4, -0.2) is 70.7 Å². The van der Waals surface area contributed by atoms with Crippen LogP contribution in [0.15, 0.2) is 29.1 Å². The van der Waals surface area contributed by atoms with Gasteiger partial charge in [0, 0.05) is 44.6 Å². The van der Waals surface area contributed by atoms with Crippen molar-refractivity contribution in [3.8, 4) is 17.1 Å². The molecule has 2 heterocycles. The second-order valence-electron chi connectivity index (χ2n) is 7.86. The highest BCUT2D eigenvalue weighted by Gasteiger charge is 2.19. The summed E-state index contributed by atoms with van der Waals surface area (Å²) in [5.41, 5.74) is 0.737. The number of carbonyl (C=O) groups excluding carboxylic acids is 1. The number of hydrogen-bond acceptors (Lipinski definition) is 6. The van der Waals surface area contributed by atoms with E-state index in [4.69, 9.17) is 4.74 Å². The molecule has 0 bridgehead atoms. The number of ether oxygens (including phenoxy) is 1. The Morgan fingerprint density at radius 2 is 1.83 bits per heavy atom. The van der Waals surface area contributed by atoms with Crippen molar-refractivity contribution < 1.29 is 9.53 Å². The summed E-state index contributed by atoms with van der Waals surface area (Å²) in [7, 11) is 2.05. The average Bonchev–Trinajstić information content (AvgIpc) is 2.72. The molecule has 8 nitrogen and oxygen atoms in total. The lowest BCUT2D eigenvalue weighted by Gasteiger charge is -2.32. The summed E-state index contributed by atoms with van der Waals surface area (Å²) in [4.78, 5) is 31.5. The van der Waals surface area contributed by atoms with E-state index in [0.717, 1.165) is 37.5 Å². The molecule has 1 aliphatic heterocycles. The minimum atomic E-state index is -0.304. The van der Waals surface area contributed by atoms with Crippen molar-refractivity contribution in [1.82, 2.24) is 25.0 Å². The van der Waals surface area contributed by atoms with E-state index in [0.29, 0.717) is 18.3 Å². The van der Waals surface area contributed by atoms with E-state index in [1.807, 2.05) is 36.2 Å². The summed E-state index contributed by atoms with van der Waals surface area (Å²) in [6.07, 6.45) is 0.554. The first kappa shape index (κ1) is 21.0. The maximum Gasteiger partial charge on any atom is 0.273 e. The fourth-order valence-electron chi connectivity index (χ4n) is 3.07. The third-order valence-electron chi connectivity index (χ3n) is 4.91. The number of nitrogens with zero attached hydrogens (tertiary/aromatic N) is 4. The van der Waals surface area contributed by atoms with Gasteiger partial charge < -0.3 is 19.5 Å². The molecule has 0 radical (unpaired) electrons. The lowest BCUT2D eigenvalue weighted by Crippen LogP contribution is -2.47. The fraction of sp³-hybridized carbons (Fsp3) is 0.524. The summed E-state index contributed by atoms with van der Waals surface area (Å²) >= 11 is 0. The van der Waals surface area contributed by atoms with Crippen molar-refractivity contribution in [2.45, 2.75) is 26.7 Å². The third kappa shape index (κ3) is 5.87. The number of rotatable bonds is 7. The number of amides is 1. The van der Waals surface area contributed by atoms with Gasteiger partial charge in [-0.15, -0.1) is 10.2 Å². The maximum atomic E-state index is 12.4. The lowest BCUT2D eigenvalue weighted by atomic mass is 10.2. The van der Waals surface area contributed by atoms with Crippen LogP contribution in [0.25, 0.3) is 11.4 Å². The molecule has 0 atom stereocenters. The van der Waals surface area contributed by atoms with E-state index >= 15 is 0 Å². The normalized spacial score (nSPS) is 15.0. The van der Waals surface area contributed by atoms with E-state index in [1.54, 1.807) is 0 Å². The van der Waals surface area contributed by atoms with E-state index < -0.39 is 0 Å². The predicted octanol–water partition coefficient (Wildman–Crippen LogP) is 1.57. The van der Waals surface area contributed by atoms with Crippen LogP contribution < -0.4 is 10.3 Å². The number of aromatic nitrogens is 3. The number of piperazine rings is 1. The highest BCUT2D eigenvalue weighted by Crippen LogP contribution is 2.18. The van der Waals surface area contributed by atoms with Crippen LogP contribution in [0.3, 0.4) is 0 Å². The standard InChI is InChI=1S/C21H29N5O3/c1-15(2)14-29-17-6-4-16(5-7-17)20-22-21(28)18(23-24-20)8-9-19(27)26-12-10-25(3)11-13-26/h4-7,15H,8-14H2,1-3H3,(H,22,24,28). The summed E-state index contributed by atoms with van der Waals surface area (Å²) in [6, 6.07) is 7.37. The molecule has 1 saturated heterocycles. The van der Waals surface area contributed by atoms with Gasteiger partial charge >= 0.3 is 0 Å². The van der Waals surface area contributed by atoms with E-state index in [2.05, 4.69) is 33.9 Å². The Morgan fingerprint density at radius 1 is 1.14 bits per heavy atom. The molecular weight excluding hydrogens is 370 g/mol. The maximum absolute atomic E-state index is 12.4. The monoisotopic (exact) mass is 399 g/mol. The van der Waals surface area contributed by atoms with Crippen molar-refractivity contribution in [3.63, 3.8) is 0 Å². The number of H-pyrrole nitrogens is 1. The number of benzene rings is 1. The van der Waals surface area contributed by atoms with Crippen molar-refractivity contribution in [3.05, 3.63) is 40.3 Å². The summed E-state index contributed by atoms with van der Waals surface area (Å²) in [5, 5.41) is 8.20. The molecule has 0 unspecified atom stereocenters. The molecule has 1 aromatic heterocycles. The van der Waals surface area contributed by atoms with Crippen LogP contribution in [0.2, 0.25) is 0 Å². The highest BCUT2D eigenvalue weighted by molar-refractivity contribution is 5.76. The van der Waals surface area contributed by atoms with E-state index in [9.17, 15) is 9.59 Å². The van der Waals surface area contributed by atoms with Gasteiger partial charge in [-0.2, -0.15) is 0 Å². The minimum Gasteiger partial charge on any atom is -0.493 e. The van der Waals surface area contributed by atoms with Gasteiger partial charge in [-0.05, 0) is 37.2 Å². The molecule has 3 rings (SSSR count). The Hall–Kier alpha value is -2.74. The second-order valence-corrected chi connectivity index (χ2v) is 7.86. The first-order valence-electron chi connectivity index (χ1n) is 10.1. The van der Waals surface area contributed by atoms with Gasteiger partial charge in [0.15, 0.2) is 5.82 Å². The molecule has 8 heteroatoms. The Morgan fingerprint density at radius 3 is 2.45 bits per heavy atom. The van der Waals surface area contributed by atoms with Gasteiger partial charge in [0.2, 0.25) is 5.91 Å². The molecule has 0 saturated carbocycles. The van der Waals surface area contributed by atoms with Crippen LogP contribution >= 0.6 is 0 Å². The average molecular weight is 399 g/mol. The van der Waals surface area contributed by atoms with E-state index in [-0.39, 0.29) is 30.0 Å². The molecule has 0 spiro atoms. The molecule has 1 aliphatic rings. The molecule has 1 fully saturated rings. The molecule has 1 amide bonds. The molecule has 1 N–H and O–H groups in total. The quantitative estimate of drug-likeness (QED) is 0.760. The largest absolute Gasteiger partial charge is 0.493 e. The van der Waals surface area contributed by atoms with Crippen LogP contribution in [0.4, 0.5) is 0 Å². The van der Waals surface area contributed by atoms with Crippen LogP contribution in [0.5, 0.6) is 5.75 Å². The number of hydrogen-bond donors (Lipinski definition) is 1. The summed E-state index contributed by atoms with van der Waals surface area (Å²) in [5.74, 6) is 1.68. The third-order valence-corrected chi connectivity index (χ3v) is 4.91. The predicted molar refractivity (Wildman–Crippen MR) is 111 cm³/mol. The molecule has 2 aromatic rings. The van der Waals surface area contributed by atoms with Gasteiger partial charge in [-0.3, -0.25) is 9.59 Å². The smallest absolute Gasteiger partial charge is 0.273 e. The number of aryl methyl sites for hydroxylation is 1. The zero-order chi connectivity index (χ0) is 20.8. The first-order valence-corrected chi connectivity index (χ1v) is 10.1. The Labute approximate surface area is 170 Å². The number of aromatic amines is 1. The van der Waals surface area contributed by atoms with E-state index in [1.165, 1.54) is 0 Å². The molecule has 29 heavy (non-hydrogen) atoms. The van der Waals surface area contributed by atoms with Crippen LogP contribution in [0, 0.1) is 5.92 Å². The molecule has 0 aliphatic carbocycles. The van der Waals surface area contributed by atoms with Gasteiger partial charge in [-0.25, -0.2) is 0 Å². The molecule has 156 valence electrons. The fourth-order valence-corrected chi connectivity index (χ4v) is 3.07. The molecular formula is C21H29N5O3. The Kier molecular flexibility index (Phi) is 6.98. The Bertz CT molecular complexity index is 871. The zero-order valence-corrected chi connectivity index (χ0v) is 17.4. The van der Waals surface area contributed by atoms with Crippen molar-refractivity contribution in [2.24, 2.45) is 5.92 Å². The van der Waals surface area contributed by atoms with Crippen LogP contribution in [0.1, 0.15) is 26.0 Å². The highest BCUT2D eigenvalue weighted by atomic mass is 16.5. The summed E-state index contributed by atoms with van der Waals surface area (Å²) < 4.78 is 5.66. The van der Waals surface area contributed by atoms with Gasteiger partial charge in [0.1, 0.15) is 11.4 Å². The van der Waals surface area contributed by atoms with Crippen molar-refractivity contribution >= 4 is 5.91 Å². The van der Waals surface area contributed by atoms with Gasteiger partial charge in [0.25, 0.3) is 5.56 Å². The van der Waals surface area contributed by atoms with Crippen molar-refractivity contribution in [1.29, 1.82) is 0 Å². The molecule has 1 aromatic carbocycles. The van der Waals surface area contributed by atoms with Crippen molar-refractivity contribution in [2.75, 3.05) is 39.8 Å². The summed E-state index contributed by atoms with van der Waals surface area (Å²) in [6.45, 7) is 8.05. The first-order chi connectivity index (χ1) is 13.9. The number of likely N-dealkylation sites (N-methyl/N-ethyl adjacent to an activating group) is 1. The Balaban J connectivity index is 1.58. The number of carbonyl (C=O) groups is 1. The van der Waals surface area contributed by atoms with Gasteiger partial charge in [-0.1, -0.05) is 13.8 Å². The minimum absolute atomic E-state index is 0.0559. The van der Waals surface area contributed by atoms with Gasteiger partial charge in [0.05, 0.1) is 6.61 Å². The van der Waals surface area contributed by atoms with Crippen LogP contribution in [-0.2, 0) is 11.2 Å². The number of nitrogens with one attached hydrogen (secondary N) is 1. The SMILES string of the molecule is CC(C)COc1ccc(-c2nnc(CCC(=O)N3CCN(C)CC3)c(=O)[nH]2)cc1. The topological polar surface area (TPSA) is 91.4 Å². The zero-order valence-electron chi connectivity index (χ0n) is 17.4. The lowest BCUT2D eigenvalue weighted by molar-refractivity contribution is -0.132.